The number of hydrogen-bond donors (Lipinski definition) is 2. The fraction of sp³-hybridized carbons (Fsp3) is 0.167. The van der Waals surface area contributed by atoms with Crippen molar-refractivity contribution in [2.75, 3.05) is 7.05 Å². The SMILES string of the molecule is CN=C(NCc1cnn(-c2ccccc2)c1)NCc1ccccn1.I. The second-order valence-electron chi connectivity index (χ2n) is 5.23. The van der Waals surface area contributed by atoms with Crippen LogP contribution in [0.25, 0.3) is 5.69 Å². The molecular weight excluding hydrogens is 427 g/mol. The van der Waals surface area contributed by atoms with Gasteiger partial charge in [0.2, 0.25) is 0 Å². The van der Waals surface area contributed by atoms with E-state index in [-0.39, 0.29) is 24.0 Å². The molecule has 0 bridgehead atoms. The normalized spacial score (nSPS) is 10.8. The van der Waals surface area contributed by atoms with E-state index in [0.29, 0.717) is 13.1 Å². The summed E-state index contributed by atoms with van der Waals surface area (Å²) in [4.78, 5) is 8.50. The fourth-order valence-electron chi connectivity index (χ4n) is 2.26. The number of aliphatic imine (C=N–C) groups is 1. The smallest absolute Gasteiger partial charge is 0.191 e. The number of nitrogens with zero attached hydrogens (tertiary/aromatic N) is 4. The van der Waals surface area contributed by atoms with Gasteiger partial charge in [0.1, 0.15) is 0 Å². The van der Waals surface area contributed by atoms with Gasteiger partial charge >= 0.3 is 0 Å². The molecule has 130 valence electrons. The van der Waals surface area contributed by atoms with Gasteiger partial charge in [-0.2, -0.15) is 5.10 Å². The highest BCUT2D eigenvalue weighted by Gasteiger charge is 2.03. The van der Waals surface area contributed by atoms with Crippen LogP contribution in [0.5, 0.6) is 0 Å². The van der Waals surface area contributed by atoms with Gasteiger partial charge in [-0.15, -0.1) is 24.0 Å². The van der Waals surface area contributed by atoms with Crippen molar-refractivity contribution in [2.24, 2.45) is 4.99 Å². The maximum atomic E-state index is 4.39. The number of rotatable bonds is 5. The van der Waals surface area contributed by atoms with Gasteiger partial charge in [-0.3, -0.25) is 9.98 Å². The zero-order valence-corrected chi connectivity index (χ0v) is 16.3. The van der Waals surface area contributed by atoms with Crippen LogP contribution in [-0.2, 0) is 13.1 Å². The van der Waals surface area contributed by atoms with Crippen LogP contribution < -0.4 is 10.6 Å². The molecule has 3 aromatic rings. The van der Waals surface area contributed by atoms with Crippen LogP contribution in [0.1, 0.15) is 11.3 Å². The first kappa shape index (κ1) is 18.9. The number of halogens is 1. The van der Waals surface area contributed by atoms with Gasteiger partial charge in [0.25, 0.3) is 0 Å². The van der Waals surface area contributed by atoms with E-state index in [0.717, 1.165) is 22.9 Å². The maximum Gasteiger partial charge on any atom is 0.191 e. The monoisotopic (exact) mass is 448 g/mol. The number of guanidine groups is 1. The lowest BCUT2D eigenvalue weighted by Gasteiger charge is -2.10. The van der Waals surface area contributed by atoms with Crippen LogP contribution in [0.2, 0.25) is 0 Å². The molecule has 0 saturated heterocycles. The lowest BCUT2D eigenvalue weighted by molar-refractivity contribution is 0.794. The Hall–Kier alpha value is -2.42. The van der Waals surface area contributed by atoms with Gasteiger partial charge < -0.3 is 10.6 Å². The van der Waals surface area contributed by atoms with E-state index in [2.05, 4.69) is 25.7 Å². The minimum Gasteiger partial charge on any atom is -0.352 e. The predicted octanol–water partition coefficient (Wildman–Crippen LogP) is 2.75. The van der Waals surface area contributed by atoms with Gasteiger partial charge in [-0.25, -0.2) is 4.68 Å². The van der Waals surface area contributed by atoms with E-state index in [1.165, 1.54) is 0 Å². The molecule has 2 N–H and O–H groups in total. The number of nitrogens with one attached hydrogen (secondary N) is 2. The van der Waals surface area contributed by atoms with Gasteiger partial charge in [0, 0.05) is 31.5 Å². The van der Waals surface area contributed by atoms with Crippen molar-refractivity contribution in [3.63, 3.8) is 0 Å². The van der Waals surface area contributed by atoms with E-state index in [1.807, 2.05) is 65.6 Å². The van der Waals surface area contributed by atoms with Crippen LogP contribution in [0.3, 0.4) is 0 Å². The summed E-state index contributed by atoms with van der Waals surface area (Å²) >= 11 is 0. The Morgan fingerprint density at radius 1 is 1.04 bits per heavy atom. The summed E-state index contributed by atoms with van der Waals surface area (Å²) in [5.74, 6) is 0.730. The number of pyridine rings is 1. The van der Waals surface area contributed by atoms with Gasteiger partial charge in [0.15, 0.2) is 5.96 Å². The third-order valence-corrected chi connectivity index (χ3v) is 3.50. The Balaban J connectivity index is 0.00000225. The van der Waals surface area contributed by atoms with Crippen molar-refractivity contribution in [1.82, 2.24) is 25.4 Å². The fourth-order valence-corrected chi connectivity index (χ4v) is 2.26. The molecule has 0 radical (unpaired) electrons. The van der Waals surface area contributed by atoms with E-state index in [4.69, 9.17) is 0 Å². The standard InChI is InChI=1S/C18H20N6.HI/c1-19-18(22-13-16-7-5-6-10-20-16)21-11-15-12-23-24(14-15)17-8-3-2-4-9-17;/h2-10,12,14H,11,13H2,1H3,(H2,19,21,22);1H. The highest BCUT2D eigenvalue weighted by Crippen LogP contribution is 2.07. The minimum absolute atomic E-state index is 0. The molecule has 25 heavy (non-hydrogen) atoms. The molecule has 7 heteroatoms. The van der Waals surface area contributed by atoms with Crippen molar-refractivity contribution < 1.29 is 0 Å². The van der Waals surface area contributed by atoms with Crippen molar-refractivity contribution >= 4 is 29.9 Å². The van der Waals surface area contributed by atoms with E-state index < -0.39 is 0 Å². The van der Waals surface area contributed by atoms with Crippen LogP contribution in [0.15, 0.2) is 72.1 Å². The van der Waals surface area contributed by atoms with Gasteiger partial charge in [-0.05, 0) is 24.3 Å². The molecule has 0 atom stereocenters. The minimum atomic E-state index is 0. The Bertz CT molecular complexity index is 786. The van der Waals surface area contributed by atoms with Gasteiger partial charge in [-0.1, -0.05) is 24.3 Å². The molecule has 0 fully saturated rings. The van der Waals surface area contributed by atoms with Crippen LogP contribution >= 0.6 is 24.0 Å². The highest BCUT2D eigenvalue weighted by atomic mass is 127. The van der Waals surface area contributed by atoms with Crippen LogP contribution in [0, 0.1) is 0 Å². The molecule has 0 aliphatic carbocycles. The molecule has 0 spiro atoms. The van der Waals surface area contributed by atoms with Crippen molar-refractivity contribution in [3.05, 3.63) is 78.4 Å². The molecule has 6 nitrogen and oxygen atoms in total. The summed E-state index contributed by atoms with van der Waals surface area (Å²) in [7, 11) is 1.75. The zero-order chi connectivity index (χ0) is 16.6. The van der Waals surface area contributed by atoms with Crippen molar-refractivity contribution in [2.45, 2.75) is 13.1 Å². The van der Waals surface area contributed by atoms with E-state index >= 15 is 0 Å². The number of hydrogen-bond acceptors (Lipinski definition) is 3. The molecule has 2 heterocycles. The summed E-state index contributed by atoms with van der Waals surface area (Å²) in [6.07, 6.45) is 5.64. The Morgan fingerprint density at radius 3 is 2.52 bits per heavy atom. The quantitative estimate of drug-likeness (QED) is 0.358. The largest absolute Gasteiger partial charge is 0.352 e. The lowest BCUT2D eigenvalue weighted by atomic mass is 10.3. The summed E-state index contributed by atoms with van der Waals surface area (Å²) < 4.78 is 1.86. The molecule has 0 amide bonds. The maximum absolute atomic E-state index is 4.39. The summed E-state index contributed by atoms with van der Waals surface area (Å²) in [5, 5.41) is 10.9. The molecule has 2 aromatic heterocycles. The zero-order valence-electron chi connectivity index (χ0n) is 14.0. The summed E-state index contributed by atoms with van der Waals surface area (Å²) in [6.45, 7) is 1.28. The number of benzene rings is 1. The van der Waals surface area contributed by atoms with Crippen molar-refractivity contribution in [1.29, 1.82) is 0 Å². The van der Waals surface area contributed by atoms with Crippen molar-refractivity contribution in [3.8, 4) is 5.69 Å². The topological polar surface area (TPSA) is 67.1 Å². The average Bonchev–Trinajstić information content (AvgIpc) is 3.12. The van der Waals surface area contributed by atoms with Crippen LogP contribution in [-0.4, -0.2) is 27.8 Å². The first-order valence-corrected chi connectivity index (χ1v) is 7.78. The first-order chi connectivity index (χ1) is 11.8. The molecule has 0 aliphatic rings. The molecular formula is C18H21IN6. The summed E-state index contributed by atoms with van der Waals surface area (Å²) in [5.41, 5.74) is 3.10. The Labute approximate surface area is 164 Å². The third-order valence-electron chi connectivity index (χ3n) is 3.50. The Kier molecular flexibility index (Phi) is 7.39. The van der Waals surface area contributed by atoms with E-state index in [1.54, 1.807) is 13.2 Å². The first-order valence-electron chi connectivity index (χ1n) is 7.78. The van der Waals surface area contributed by atoms with Gasteiger partial charge in [0.05, 0.1) is 24.1 Å². The molecule has 1 aromatic carbocycles. The second kappa shape index (κ2) is 9.77. The molecule has 0 saturated carbocycles. The molecule has 0 aliphatic heterocycles. The second-order valence-corrected chi connectivity index (χ2v) is 5.23. The van der Waals surface area contributed by atoms with Crippen LogP contribution in [0.4, 0.5) is 0 Å². The highest BCUT2D eigenvalue weighted by molar-refractivity contribution is 14.0. The molecule has 0 unspecified atom stereocenters. The average molecular weight is 448 g/mol. The third kappa shape index (κ3) is 5.56. The lowest BCUT2D eigenvalue weighted by Crippen LogP contribution is -2.36. The van der Waals surface area contributed by atoms with E-state index in [9.17, 15) is 0 Å². The molecule has 3 rings (SSSR count). The predicted molar refractivity (Wildman–Crippen MR) is 110 cm³/mol. The number of para-hydroxylation sites is 1. The summed E-state index contributed by atoms with van der Waals surface area (Å²) in [6, 6.07) is 15.9. The number of aromatic nitrogens is 3. The Morgan fingerprint density at radius 2 is 1.80 bits per heavy atom.